The number of rotatable bonds is 4. The standard InChI is InChI=1S/C20H15I2N3O2/c21-13-5-9-15(10-6-13)23-19(26)17-3-1-2-4-18(17)25-20(27)24-16-11-7-14(22)8-12-16/h1-12H,(H,23,26)(H2,24,25,27). The van der Waals surface area contributed by atoms with Gasteiger partial charge in [0.2, 0.25) is 0 Å². The second kappa shape index (κ2) is 9.18. The maximum Gasteiger partial charge on any atom is 0.323 e. The lowest BCUT2D eigenvalue weighted by Gasteiger charge is -2.12. The Morgan fingerprint density at radius 3 is 1.74 bits per heavy atom. The van der Waals surface area contributed by atoms with Gasteiger partial charge in [-0.05, 0) is 106 Å². The molecule has 27 heavy (non-hydrogen) atoms. The molecule has 0 heterocycles. The van der Waals surface area contributed by atoms with Crippen molar-refractivity contribution in [2.24, 2.45) is 0 Å². The van der Waals surface area contributed by atoms with Gasteiger partial charge in [0, 0.05) is 18.5 Å². The fourth-order valence-electron chi connectivity index (χ4n) is 2.34. The minimum Gasteiger partial charge on any atom is -0.322 e. The van der Waals surface area contributed by atoms with E-state index in [-0.39, 0.29) is 5.91 Å². The molecule has 5 nitrogen and oxygen atoms in total. The van der Waals surface area contributed by atoms with E-state index in [9.17, 15) is 9.59 Å². The van der Waals surface area contributed by atoms with Crippen LogP contribution in [0, 0.1) is 7.14 Å². The van der Waals surface area contributed by atoms with Gasteiger partial charge in [-0.2, -0.15) is 0 Å². The Bertz CT molecular complexity index is 958. The van der Waals surface area contributed by atoms with Crippen LogP contribution in [0.15, 0.2) is 72.8 Å². The van der Waals surface area contributed by atoms with Crippen molar-refractivity contribution in [2.45, 2.75) is 0 Å². The zero-order valence-corrected chi connectivity index (χ0v) is 18.3. The number of carbonyl (C=O) groups excluding carboxylic acids is 2. The number of urea groups is 1. The van der Waals surface area contributed by atoms with Crippen molar-refractivity contribution in [3.8, 4) is 0 Å². The van der Waals surface area contributed by atoms with Crippen LogP contribution in [0.2, 0.25) is 0 Å². The number of hydrogen-bond acceptors (Lipinski definition) is 2. The van der Waals surface area contributed by atoms with E-state index in [1.165, 1.54) is 0 Å². The quantitative estimate of drug-likeness (QED) is 0.341. The van der Waals surface area contributed by atoms with E-state index in [1.807, 2.05) is 48.5 Å². The Balaban J connectivity index is 1.71. The van der Waals surface area contributed by atoms with Gasteiger partial charge in [0.25, 0.3) is 5.91 Å². The molecule has 0 aliphatic rings. The molecule has 0 bridgehead atoms. The molecule has 0 saturated heterocycles. The van der Waals surface area contributed by atoms with Crippen molar-refractivity contribution in [1.29, 1.82) is 0 Å². The Labute approximate surface area is 184 Å². The molecule has 3 amide bonds. The minimum absolute atomic E-state index is 0.290. The first-order valence-electron chi connectivity index (χ1n) is 8.01. The molecule has 7 heteroatoms. The van der Waals surface area contributed by atoms with Crippen LogP contribution < -0.4 is 16.0 Å². The lowest BCUT2D eigenvalue weighted by molar-refractivity contribution is 0.102. The molecule has 0 fully saturated rings. The van der Waals surface area contributed by atoms with E-state index in [0.717, 1.165) is 7.14 Å². The predicted molar refractivity (Wildman–Crippen MR) is 125 cm³/mol. The van der Waals surface area contributed by atoms with E-state index in [1.54, 1.807) is 24.3 Å². The number of hydrogen-bond donors (Lipinski definition) is 3. The predicted octanol–water partition coefficient (Wildman–Crippen LogP) is 5.79. The molecule has 0 saturated carbocycles. The van der Waals surface area contributed by atoms with Gasteiger partial charge < -0.3 is 16.0 Å². The smallest absolute Gasteiger partial charge is 0.322 e. The van der Waals surface area contributed by atoms with Crippen LogP contribution in [0.1, 0.15) is 10.4 Å². The summed E-state index contributed by atoms with van der Waals surface area (Å²) in [5, 5.41) is 8.33. The zero-order valence-electron chi connectivity index (χ0n) is 14.0. The van der Waals surface area contributed by atoms with Crippen LogP contribution in [0.5, 0.6) is 0 Å². The van der Waals surface area contributed by atoms with Crippen molar-refractivity contribution in [3.05, 3.63) is 85.5 Å². The summed E-state index contributed by atoms with van der Waals surface area (Å²) < 4.78 is 2.16. The number of anilines is 3. The molecule has 0 aliphatic carbocycles. The number of amides is 3. The fraction of sp³-hybridized carbons (Fsp3) is 0. The molecule has 3 aromatic carbocycles. The Hall–Kier alpha value is -2.14. The number of benzene rings is 3. The van der Waals surface area contributed by atoms with E-state index in [4.69, 9.17) is 0 Å². The number of para-hydroxylation sites is 1. The maximum atomic E-state index is 12.6. The molecular formula is C20H15I2N3O2. The number of carbonyl (C=O) groups is 2. The molecule has 3 rings (SSSR count). The molecular weight excluding hydrogens is 568 g/mol. The first-order valence-corrected chi connectivity index (χ1v) is 10.2. The average molecular weight is 583 g/mol. The molecule has 136 valence electrons. The third-order valence-electron chi connectivity index (χ3n) is 3.62. The van der Waals surface area contributed by atoms with E-state index >= 15 is 0 Å². The monoisotopic (exact) mass is 583 g/mol. The maximum absolute atomic E-state index is 12.6. The topological polar surface area (TPSA) is 70.2 Å². The van der Waals surface area contributed by atoms with Gasteiger partial charge in [-0.15, -0.1) is 0 Å². The first-order chi connectivity index (χ1) is 13.0. The van der Waals surface area contributed by atoms with Crippen LogP contribution in [0.25, 0.3) is 0 Å². The van der Waals surface area contributed by atoms with Gasteiger partial charge in [0.15, 0.2) is 0 Å². The first kappa shape index (κ1) is 19.6. The summed E-state index contributed by atoms with van der Waals surface area (Å²) in [5.41, 5.74) is 2.18. The second-order valence-corrected chi connectivity index (χ2v) is 8.08. The molecule has 3 aromatic rings. The van der Waals surface area contributed by atoms with Gasteiger partial charge in [-0.3, -0.25) is 4.79 Å². The van der Waals surface area contributed by atoms with Crippen molar-refractivity contribution >= 4 is 74.2 Å². The lowest BCUT2D eigenvalue weighted by Crippen LogP contribution is -2.22. The normalized spacial score (nSPS) is 10.1. The largest absolute Gasteiger partial charge is 0.323 e. The summed E-state index contributed by atoms with van der Waals surface area (Å²) in [6.07, 6.45) is 0. The van der Waals surface area contributed by atoms with Crippen LogP contribution >= 0.6 is 45.2 Å². The zero-order chi connectivity index (χ0) is 19.2. The van der Waals surface area contributed by atoms with Gasteiger partial charge in [-0.25, -0.2) is 4.79 Å². The van der Waals surface area contributed by atoms with Gasteiger partial charge in [0.05, 0.1) is 11.3 Å². The summed E-state index contributed by atoms with van der Waals surface area (Å²) in [7, 11) is 0. The molecule has 0 spiro atoms. The number of nitrogens with one attached hydrogen (secondary N) is 3. The molecule has 0 aliphatic heterocycles. The van der Waals surface area contributed by atoms with Crippen LogP contribution in [0.4, 0.5) is 21.9 Å². The summed E-state index contributed by atoms with van der Waals surface area (Å²) in [6, 6.07) is 21.4. The summed E-state index contributed by atoms with van der Waals surface area (Å²) in [4.78, 5) is 24.9. The molecule has 0 unspecified atom stereocenters. The minimum atomic E-state index is -0.411. The molecule has 0 aromatic heterocycles. The van der Waals surface area contributed by atoms with Crippen molar-refractivity contribution in [1.82, 2.24) is 0 Å². The van der Waals surface area contributed by atoms with Crippen LogP contribution in [0.3, 0.4) is 0 Å². The van der Waals surface area contributed by atoms with Crippen LogP contribution in [-0.4, -0.2) is 11.9 Å². The summed E-state index contributed by atoms with van der Waals surface area (Å²) >= 11 is 4.40. The summed E-state index contributed by atoms with van der Waals surface area (Å²) in [6.45, 7) is 0. The van der Waals surface area contributed by atoms with E-state index < -0.39 is 6.03 Å². The highest BCUT2D eigenvalue weighted by Gasteiger charge is 2.13. The highest BCUT2D eigenvalue weighted by Crippen LogP contribution is 2.19. The highest BCUT2D eigenvalue weighted by atomic mass is 127. The lowest BCUT2D eigenvalue weighted by atomic mass is 10.1. The molecule has 3 N–H and O–H groups in total. The van der Waals surface area contributed by atoms with E-state index in [0.29, 0.717) is 22.6 Å². The SMILES string of the molecule is O=C(Nc1ccc(I)cc1)Nc1ccccc1C(=O)Nc1ccc(I)cc1. The summed E-state index contributed by atoms with van der Waals surface area (Å²) in [5.74, 6) is -0.290. The Kier molecular flexibility index (Phi) is 6.67. The molecule has 0 atom stereocenters. The van der Waals surface area contributed by atoms with Crippen molar-refractivity contribution in [3.63, 3.8) is 0 Å². The van der Waals surface area contributed by atoms with E-state index in [2.05, 4.69) is 61.1 Å². The average Bonchev–Trinajstić information content (AvgIpc) is 2.66. The second-order valence-electron chi connectivity index (χ2n) is 5.59. The van der Waals surface area contributed by atoms with Crippen LogP contribution in [-0.2, 0) is 0 Å². The Morgan fingerprint density at radius 1 is 0.630 bits per heavy atom. The van der Waals surface area contributed by atoms with Crippen molar-refractivity contribution in [2.75, 3.05) is 16.0 Å². The fourth-order valence-corrected chi connectivity index (χ4v) is 3.06. The third-order valence-corrected chi connectivity index (χ3v) is 5.06. The van der Waals surface area contributed by atoms with Gasteiger partial charge in [-0.1, -0.05) is 12.1 Å². The molecule has 0 radical (unpaired) electrons. The van der Waals surface area contributed by atoms with Crippen molar-refractivity contribution < 1.29 is 9.59 Å². The Morgan fingerprint density at radius 2 is 1.15 bits per heavy atom. The van der Waals surface area contributed by atoms with Gasteiger partial charge in [0.1, 0.15) is 0 Å². The number of halogens is 2. The third kappa shape index (κ3) is 5.67. The van der Waals surface area contributed by atoms with Gasteiger partial charge >= 0.3 is 6.03 Å². The highest BCUT2D eigenvalue weighted by molar-refractivity contribution is 14.1.